The number of piperidine rings is 1. The lowest BCUT2D eigenvalue weighted by Gasteiger charge is -2.36. The molecule has 0 saturated carbocycles. The average Bonchev–Trinajstić information content (AvgIpc) is 3.08. The van der Waals surface area contributed by atoms with E-state index in [4.69, 9.17) is 9.47 Å². The van der Waals surface area contributed by atoms with Gasteiger partial charge in [-0.2, -0.15) is 0 Å². The maximum atomic E-state index is 5.69. The number of rotatable bonds is 8. The molecule has 7 heteroatoms. The number of halogens is 1. The van der Waals surface area contributed by atoms with Crippen molar-refractivity contribution in [2.24, 2.45) is 16.8 Å². The van der Waals surface area contributed by atoms with Crippen molar-refractivity contribution in [2.75, 3.05) is 66.7 Å². The van der Waals surface area contributed by atoms with Gasteiger partial charge in [-0.05, 0) is 38.6 Å². The summed E-state index contributed by atoms with van der Waals surface area (Å²) in [6.45, 7) is 12.4. The molecular weight excluding hydrogens is 443 g/mol. The molecule has 2 fully saturated rings. The third-order valence-corrected chi connectivity index (χ3v) is 5.45. The molecule has 2 saturated heterocycles. The van der Waals surface area contributed by atoms with Crippen LogP contribution in [0.3, 0.4) is 0 Å². The quantitative estimate of drug-likeness (QED) is 0.249. The monoisotopic (exact) mass is 482 g/mol. The fourth-order valence-corrected chi connectivity index (χ4v) is 3.88. The van der Waals surface area contributed by atoms with Crippen molar-refractivity contribution in [3.05, 3.63) is 0 Å². The van der Waals surface area contributed by atoms with Gasteiger partial charge in [0.05, 0.1) is 19.8 Å². The molecule has 2 rings (SSSR count). The maximum Gasteiger partial charge on any atom is 0.193 e. The lowest BCUT2D eigenvalue weighted by molar-refractivity contribution is 0.0536. The first-order chi connectivity index (χ1) is 12.1. The SMILES string of the molecule is CN=C(NCC(C)N1CCCC(C)C1)N1CCC(COCCOC)C1.I. The topological polar surface area (TPSA) is 49.3 Å². The summed E-state index contributed by atoms with van der Waals surface area (Å²) in [5.41, 5.74) is 0. The molecule has 26 heavy (non-hydrogen) atoms. The molecule has 0 spiro atoms. The van der Waals surface area contributed by atoms with Gasteiger partial charge >= 0.3 is 0 Å². The van der Waals surface area contributed by atoms with Gasteiger partial charge < -0.3 is 19.7 Å². The van der Waals surface area contributed by atoms with Crippen molar-refractivity contribution in [2.45, 2.75) is 39.2 Å². The predicted molar refractivity (Wildman–Crippen MR) is 119 cm³/mol. The summed E-state index contributed by atoms with van der Waals surface area (Å²) in [5.74, 6) is 2.46. The standard InChI is InChI=1S/C19H38N4O2.HI/c1-16-6-5-8-22(13-16)17(2)12-21-19(20-3)23-9-7-18(14-23)15-25-11-10-24-4;/h16-18H,5-15H2,1-4H3,(H,20,21);1H. The van der Waals surface area contributed by atoms with Crippen LogP contribution in [0.15, 0.2) is 4.99 Å². The van der Waals surface area contributed by atoms with Gasteiger partial charge in [-0.3, -0.25) is 9.89 Å². The van der Waals surface area contributed by atoms with Crippen molar-refractivity contribution in [3.8, 4) is 0 Å². The van der Waals surface area contributed by atoms with Crippen molar-refractivity contribution < 1.29 is 9.47 Å². The van der Waals surface area contributed by atoms with Gasteiger partial charge in [0.25, 0.3) is 0 Å². The van der Waals surface area contributed by atoms with E-state index < -0.39 is 0 Å². The zero-order valence-corrected chi connectivity index (χ0v) is 19.4. The Balaban J connectivity index is 0.00000338. The number of aliphatic imine (C=N–C) groups is 1. The van der Waals surface area contributed by atoms with Gasteiger partial charge in [-0.25, -0.2) is 0 Å². The molecule has 0 aromatic rings. The lowest BCUT2D eigenvalue weighted by atomic mass is 9.99. The van der Waals surface area contributed by atoms with Crippen LogP contribution < -0.4 is 5.32 Å². The number of methoxy groups -OCH3 is 1. The Kier molecular flexibility index (Phi) is 12.1. The summed E-state index contributed by atoms with van der Waals surface area (Å²) >= 11 is 0. The van der Waals surface area contributed by atoms with Crippen molar-refractivity contribution >= 4 is 29.9 Å². The Morgan fingerprint density at radius 2 is 2.04 bits per heavy atom. The van der Waals surface area contributed by atoms with Crippen molar-refractivity contribution in [1.82, 2.24) is 15.1 Å². The van der Waals surface area contributed by atoms with Crippen LogP contribution in [0, 0.1) is 11.8 Å². The van der Waals surface area contributed by atoms with E-state index in [9.17, 15) is 0 Å². The van der Waals surface area contributed by atoms with Crippen LogP contribution in [0.5, 0.6) is 0 Å². The number of likely N-dealkylation sites (tertiary alicyclic amines) is 2. The first-order valence-electron chi connectivity index (χ1n) is 9.90. The molecule has 1 N–H and O–H groups in total. The van der Waals surface area contributed by atoms with E-state index in [1.807, 2.05) is 7.05 Å². The fraction of sp³-hybridized carbons (Fsp3) is 0.947. The molecule has 0 aliphatic carbocycles. The Bertz CT molecular complexity index is 411. The third-order valence-electron chi connectivity index (χ3n) is 5.45. The van der Waals surface area contributed by atoms with Crippen LogP contribution in [0.25, 0.3) is 0 Å². The zero-order valence-electron chi connectivity index (χ0n) is 17.1. The van der Waals surface area contributed by atoms with Gasteiger partial charge in [0.1, 0.15) is 0 Å². The first-order valence-corrected chi connectivity index (χ1v) is 9.90. The lowest BCUT2D eigenvalue weighted by Crippen LogP contribution is -2.49. The maximum absolute atomic E-state index is 5.69. The van der Waals surface area contributed by atoms with E-state index in [1.54, 1.807) is 7.11 Å². The van der Waals surface area contributed by atoms with Gasteiger partial charge in [0, 0.05) is 52.3 Å². The molecule has 0 aromatic carbocycles. The fourth-order valence-electron chi connectivity index (χ4n) is 3.88. The van der Waals surface area contributed by atoms with E-state index in [0.717, 1.165) is 38.1 Å². The van der Waals surface area contributed by atoms with Gasteiger partial charge in [-0.1, -0.05) is 6.92 Å². The van der Waals surface area contributed by atoms with Gasteiger partial charge in [-0.15, -0.1) is 24.0 Å². The van der Waals surface area contributed by atoms with Crippen molar-refractivity contribution in [1.29, 1.82) is 0 Å². The Labute approximate surface area is 177 Å². The van der Waals surface area contributed by atoms with Crippen LogP contribution in [0.4, 0.5) is 0 Å². The summed E-state index contributed by atoms with van der Waals surface area (Å²) in [6.07, 6.45) is 3.88. The van der Waals surface area contributed by atoms with E-state index >= 15 is 0 Å². The summed E-state index contributed by atoms with van der Waals surface area (Å²) in [5, 5.41) is 3.59. The molecule has 6 nitrogen and oxygen atoms in total. The van der Waals surface area contributed by atoms with Gasteiger partial charge in [0.2, 0.25) is 0 Å². The molecule has 154 valence electrons. The molecule has 0 radical (unpaired) electrons. The molecule has 3 atom stereocenters. The second-order valence-corrected chi connectivity index (χ2v) is 7.69. The second kappa shape index (κ2) is 13.1. The summed E-state index contributed by atoms with van der Waals surface area (Å²) in [4.78, 5) is 9.49. The second-order valence-electron chi connectivity index (χ2n) is 7.69. The van der Waals surface area contributed by atoms with E-state index in [1.165, 1.54) is 32.4 Å². The van der Waals surface area contributed by atoms with E-state index in [-0.39, 0.29) is 24.0 Å². The van der Waals surface area contributed by atoms with Crippen LogP contribution in [-0.4, -0.2) is 88.5 Å². The Morgan fingerprint density at radius 3 is 2.73 bits per heavy atom. The summed E-state index contributed by atoms with van der Waals surface area (Å²) in [7, 11) is 3.60. The highest BCUT2D eigenvalue weighted by Crippen LogP contribution is 2.18. The number of nitrogens with zero attached hydrogens (tertiary/aromatic N) is 3. The van der Waals surface area contributed by atoms with E-state index in [0.29, 0.717) is 25.2 Å². The van der Waals surface area contributed by atoms with Crippen molar-refractivity contribution in [3.63, 3.8) is 0 Å². The molecule has 0 amide bonds. The molecular formula is C19H39IN4O2. The highest BCUT2D eigenvalue weighted by molar-refractivity contribution is 14.0. The predicted octanol–water partition coefficient (Wildman–Crippen LogP) is 2.29. The van der Waals surface area contributed by atoms with Crippen LogP contribution in [-0.2, 0) is 9.47 Å². The van der Waals surface area contributed by atoms with Crippen LogP contribution in [0.2, 0.25) is 0 Å². The minimum atomic E-state index is 0. The number of guanidine groups is 1. The molecule has 2 aliphatic heterocycles. The zero-order chi connectivity index (χ0) is 18.1. The molecule has 0 aromatic heterocycles. The largest absolute Gasteiger partial charge is 0.382 e. The number of hydrogen-bond acceptors (Lipinski definition) is 4. The number of nitrogens with one attached hydrogen (secondary N) is 1. The molecule has 2 aliphatic rings. The van der Waals surface area contributed by atoms with Crippen LogP contribution >= 0.6 is 24.0 Å². The molecule has 2 heterocycles. The highest BCUT2D eigenvalue weighted by atomic mass is 127. The summed E-state index contributed by atoms with van der Waals surface area (Å²) < 4.78 is 10.7. The minimum absolute atomic E-state index is 0. The molecule has 0 bridgehead atoms. The summed E-state index contributed by atoms with van der Waals surface area (Å²) in [6, 6.07) is 0.551. The number of hydrogen-bond donors (Lipinski definition) is 1. The number of ether oxygens (including phenoxy) is 2. The smallest absolute Gasteiger partial charge is 0.193 e. The molecule has 3 unspecified atom stereocenters. The van der Waals surface area contributed by atoms with E-state index in [2.05, 4.69) is 34.0 Å². The third kappa shape index (κ3) is 7.86. The van der Waals surface area contributed by atoms with Crippen LogP contribution in [0.1, 0.15) is 33.1 Å². The first kappa shape index (κ1) is 23.9. The minimum Gasteiger partial charge on any atom is -0.382 e. The Hall–Kier alpha value is -0.120. The average molecular weight is 482 g/mol. The normalized spacial score (nSPS) is 25.8. The Morgan fingerprint density at radius 1 is 1.23 bits per heavy atom. The van der Waals surface area contributed by atoms with Gasteiger partial charge in [0.15, 0.2) is 5.96 Å². The highest BCUT2D eigenvalue weighted by Gasteiger charge is 2.26.